The fraction of sp³-hybridized carbons (Fsp3) is 0.882. The van der Waals surface area contributed by atoms with Gasteiger partial charge in [-0.2, -0.15) is 0 Å². The number of carbonyl (C=O) groups is 2. The third-order valence-electron chi connectivity index (χ3n) is 5.05. The molecule has 0 aromatic carbocycles. The lowest BCUT2D eigenvalue weighted by atomic mass is 10.1. The highest BCUT2D eigenvalue weighted by Crippen LogP contribution is 2.28. The minimum absolute atomic E-state index is 0.0934. The summed E-state index contributed by atoms with van der Waals surface area (Å²) < 4.78 is 0. The number of amides is 2. The summed E-state index contributed by atoms with van der Waals surface area (Å²) in [6.45, 7) is 4.66. The van der Waals surface area contributed by atoms with Crippen molar-refractivity contribution in [2.45, 2.75) is 70.9 Å². The van der Waals surface area contributed by atoms with Crippen LogP contribution in [-0.4, -0.2) is 47.1 Å². The van der Waals surface area contributed by atoms with Crippen LogP contribution in [0.2, 0.25) is 0 Å². The topological polar surface area (TPSA) is 69.6 Å². The van der Waals surface area contributed by atoms with Crippen LogP contribution in [-0.2, 0) is 9.59 Å². The Labute approximate surface area is 133 Å². The molecular weight excluding hydrogens is 280 g/mol. The zero-order valence-electron chi connectivity index (χ0n) is 13.9. The number of aliphatic hydroxyl groups is 1. The predicted octanol–water partition coefficient (Wildman–Crippen LogP) is 1.69. The van der Waals surface area contributed by atoms with Gasteiger partial charge < -0.3 is 15.3 Å². The predicted molar refractivity (Wildman–Crippen MR) is 85.2 cm³/mol. The summed E-state index contributed by atoms with van der Waals surface area (Å²) in [6.07, 6.45) is 6.83. The largest absolute Gasteiger partial charge is 0.391 e. The van der Waals surface area contributed by atoms with Crippen molar-refractivity contribution in [3.63, 3.8) is 0 Å². The molecule has 0 radical (unpaired) electrons. The van der Waals surface area contributed by atoms with Crippen LogP contribution in [0.15, 0.2) is 0 Å². The SMILES string of the molecule is CC(C)C(O)CNC(=O)C1CC(=O)N(C2CCCCCC2)C1. The van der Waals surface area contributed by atoms with Crippen LogP contribution in [0.3, 0.4) is 0 Å². The third-order valence-corrected chi connectivity index (χ3v) is 5.05. The van der Waals surface area contributed by atoms with Crippen molar-refractivity contribution < 1.29 is 14.7 Å². The first kappa shape index (κ1) is 17.3. The van der Waals surface area contributed by atoms with Gasteiger partial charge in [0.15, 0.2) is 0 Å². The highest BCUT2D eigenvalue weighted by molar-refractivity contribution is 5.89. The number of hydrogen-bond donors (Lipinski definition) is 2. The minimum atomic E-state index is -0.529. The lowest BCUT2D eigenvalue weighted by molar-refractivity contribution is -0.130. The van der Waals surface area contributed by atoms with Crippen LogP contribution in [0.5, 0.6) is 0 Å². The molecule has 2 unspecified atom stereocenters. The molecule has 0 spiro atoms. The second-order valence-electron chi connectivity index (χ2n) is 7.15. The molecule has 2 rings (SSSR count). The normalized spacial score (nSPS) is 25.4. The summed E-state index contributed by atoms with van der Waals surface area (Å²) in [5, 5.41) is 12.6. The number of carbonyl (C=O) groups excluding carboxylic acids is 2. The lowest BCUT2D eigenvalue weighted by Crippen LogP contribution is -2.40. The van der Waals surface area contributed by atoms with Crippen molar-refractivity contribution in [1.82, 2.24) is 10.2 Å². The molecule has 126 valence electrons. The average molecular weight is 310 g/mol. The molecule has 5 heteroatoms. The van der Waals surface area contributed by atoms with Crippen molar-refractivity contribution in [1.29, 1.82) is 0 Å². The standard InChI is InChI=1S/C17H30N2O3/c1-12(2)15(20)10-18-17(22)13-9-16(21)19(11-13)14-7-5-3-4-6-8-14/h12-15,20H,3-11H2,1-2H3,(H,18,22). The molecule has 2 amide bonds. The van der Waals surface area contributed by atoms with E-state index in [-0.39, 0.29) is 30.2 Å². The van der Waals surface area contributed by atoms with Crippen LogP contribution in [0, 0.1) is 11.8 Å². The van der Waals surface area contributed by atoms with Crippen molar-refractivity contribution in [3.8, 4) is 0 Å². The molecule has 2 fully saturated rings. The van der Waals surface area contributed by atoms with Gasteiger partial charge in [-0.25, -0.2) is 0 Å². The molecule has 1 aliphatic carbocycles. The van der Waals surface area contributed by atoms with Crippen molar-refractivity contribution >= 4 is 11.8 Å². The maximum Gasteiger partial charge on any atom is 0.225 e. The monoisotopic (exact) mass is 310 g/mol. The summed E-state index contributed by atoms with van der Waals surface area (Å²) in [5.74, 6) is -0.108. The molecule has 2 N–H and O–H groups in total. The fourth-order valence-corrected chi connectivity index (χ4v) is 3.41. The average Bonchev–Trinajstić information content (AvgIpc) is 2.71. The molecule has 1 aliphatic heterocycles. The fourth-order valence-electron chi connectivity index (χ4n) is 3.41. The zero-order chi connectivity index (χ0) is 16.1. The Hall–Kier alpha value is -1.10. The number of hydrogen-bond acceptors (Lipinski definition) is 3. The van der Waals surface area contributed by atoms with Gasteiger partial charge in [0, 0.05) is 25.6 Å². The Kier molecular flexibility index (Phi) is 6.24. The van der Waals surface area contributed by atoms with E-state index in [2.05, 4.69) is 5.32 Å². The number of likely N-dealkylation sites (tertiary alicyclic amines) is 1. The van der Waals surface area contributed by atoms with Crippen LogP contribution < -0.4 is 5.32 Å². The lowest BCUT2D eigenvalue weighted by Gasteiger charge is -2.27. The van der Waals surface area contributed by atoms with E-state index in [0.29, 0.717) is 19.0 Å². The minimum Gasteiger partial charge on any atom is -0.391 e. The zero-order valence-corrected chi connectivity index (χ0v) is 13.9. The molecule has 0 bridgehead atoms. The molecule has 0 aromatic rings. The van der Waals surface area contributed by atoms with Gasteiger partial charge in [-0.15, -0.1) is 0 Å². The van der Waals surface area contributed by atoms with Crippen LogP contribution in [0.1, 0.15) is 58.8 Å². The Morgan fingerprint density at radius 2 is 1.91 bits per heavy atom. The van der Waals surface area contributed by atoms with E-state index in [9.17, 15) is 14.7 Å². The first-order chi connectivity index (χ1) is 10.5. The highest BCUT2D eigenvalue weighted by atomic mass is 16.3. The van der Waals surface area contributed by atoms with Gasteiger partial charge in [-0.1, -0.05) is 39.5 Å². The van der Waals surface area contributed by atoms with Gasteiger partial charge in [-0.3, -0.25) is 9.59 Å². The Morgan fingerprint density at radius 1 is 1.27 bits per heavy atom. The summed E-state index contributed by atoms with van der Waals surface area (Å²) in [4.78, 5) is 26.4. The molecule has 22 heavy (non-hydrogen) atoms. The van der Waals surface area contributed by atoms with Crippen LogP contribution >= 0.6 is 0 Å². The van der Waals surface area contributed by atoms with Crippen molar-refractivity contribution in [2.24, 2.45) is 11.8 Å². The first-order valence-corrected chi connectivity index (χ1v) is 8.74. The van der Waals surface area contributed by atoms with Crippen molar-refractivity contribution in [3.05, 3.63) is 0 Å². The summed E-state index contributed by atoms with van der Waals surface area (Å²) in [5.41, 5.74) is 0. The van der Waals surface area contributed by atoms with Gasteiger partial charge in [0.2, 0.25) is 11.8 Å². The number of rotatable bonds is 5. The van der Waals surface area contributed by atoms with Gasteiger partial charge in [0.05, 0.1) is 12.0 Å². The van der Waals surface area contributed by atoms with Crippen LogP contribution in [0.25, 0.3) is 0 Å². The van der Waals surface area contributed by atoms with Crippen molar-refractivity contribution in [2.75, 3.05) is 13.1 Å². The third kappa shape index (κ3) is 4.45. The van der Waals surface area contributed by atoms with Gasteiger partial charge in [0.1, 0.15) is 0 Å². The van der Waals surface area contributed by atoms with E-state index < -0.39 is 6.10 Å². The molecular formula is C17H30N2O3. The summed E-state index contributed by atoms with van der Waals surface area (Å²) >= 11 is 0. The number of nitrogens with zero attached hydrogens (tertiary/aromatic N) is 1. The van der Waals surface area contributed by atoms with E-state index in [4.69, 9.17) is 0 Å². The second-order valence-corrected chi connectivity index (χ2v) is 7.15. The van der Waals surface area contributed by atoms with E-state index in [0.717, 1.165) is 12.8 Å². The maximum absolute atomic E-state index is 12.2. The molecule has 2 atom stereocenters. The van der Waals surface area contributed by atoms with E-state index in [1.165, 1.54) is 25.7 Å². The quantitative estimate of drug-likeness (QED) is 0.759. The van der Waals surface area contributed by atoms with Crippen LogP contribution in [0.4, 0.5) is 0 Å². The summed E-state index contributed by atoms with van der Waals surface area (Å²) in [7, 11) is 0. The highest BCUT2D eigenvalue weighted by Gasteiger charge is 2.37. The molecule has 5 nitrogen and oxygen atoms in total. The second kappa shape index (κ2) is 7.95. The van der Waals surface area contributed by atoms with Gasteiger partial charge in [0.25, 0.3) is 0 Å². The van der Waals surface area contributed by atoms with Gasteiger partial charge >= 0.3 is 0 Å². The molecule has 1 heterocycles. The molecule has 2 aliphatic rings. The first-order valence-electron chi connectivity index (χ1n) is 8.74. The Morgan fingerprint density at radius 3 is 2.50 bits per heavy atom. The van der Waals surface area contributed by atoms with E-state index >= 15 is 0 Å². The molecule has 1 saturated heterocycles. The van der Waals surface area contributed by atoms with Gasteiger partial charge in [-0.05, 0) is 18.8 Å². The molecule has 0 aromatic heterocycles. The maximum atomic E-state index is 12.2. The number of nitrogens with one attached hydrogen (secondary N) is 1. The Balaban J connectivity index is 1.84. The Bertz CT molecular complexity index is 389. The number of aliphatic hydroxyl groups excluding tert-OH is 1. The molecule has 1 saturated carbocycles. The van der Waals surface area contributed by atoms with E-state index in [1.54, 1.807) is 0 Å². The summed E-state index contributed by atoms with van der Waals surface area (Å²) in [6, 6.07) is 0.328. The van der Waals surface area contributed by atoms with E-state index in [1.807, 2.05) is 18.7 Å². The smallest absolute Gasteiger partial charge is 0.225 e.